The van der Waals surface area contributed by atoms with Crippen LogP contribution in [-0.2, 0) is 0 Å². The van der Waals surface area contributed by atoms with E-state index < -0.39 is 5.60 Å². The predicted octanol–water partition coefficient (Wildman–Crippen LogP) is 8.54. The van der Waals surface area contributed by atoms with Crippen LogP contribution in [-0.4, -0.2) is 10.7 Å². The van der Waals surface area contributed by atoms with Crippen LogP contribution in [0.25, 0.3) is 0 Å². The Hall–Kier alpha value is -0.820. The van der Waals surface area contributed by atoms with Crippen molar-refractivity contribution in [1.29, 1.82) is 0 Å². The molecule has 3 aliphatic rings. The normalized spacial score (nSPS) is 32.3. The van der Waals surface area contributed by atoms with E-state index >= 15 is 0 Å². The van der Waals surface area contributed by atoms with Crippen LogP contribution in [0, 0.1) is 23.2 Å². The molecule has 170 valence electrons. The van der Waals surface area contributed by atoms with Crippen molar-refractivity contribution >= 4 is 0 Å². The van der Waals surface area contributed by atoms with Crippen LogP contribution in [0.3, 0.4) is 0 Å². The standard InChI is InChI=1S/C29H48O/c1-6-9-23-12-14-24(15-13-23)16-17-25-11-8-21-29(5)26(18-19-27(25)29)22(2)10-7-20-28(3,4)30/h9,16-17,22,26-27,30H,6-8,10-15,18-21H2,1-5H3/b23-9?,24-16?,25-17+/t22-,26?,27?,29?/m1/s1. The number of hydrogen-bond acceptors (Lipinski definition) is 1. The highest BCUT2D eigenvalue weighted by atomic mass is 16.3. The minimum Gasteiger partial charge on any atom is -0.390 e. The fourth-order valence-corrected chi connectivity index (χ4v) is 7.05. The first-order valence-corrected chi connectivity index (χ1v) is 13.0. The van der Waals surface area contributed by atoms with Crippen LogP contribution in [0.4, 0.5) is 0 Å². The molecule has 3 saturated carbocycles. The summed E-state index contributed by atoms with van der Waals surface area (Å²) >= 11 is 0. The van der Waals surface area contributed by atoms with Crippen molar-refractivity contribution in [3.05, 3.63) is 34.9 Å². The van der Waals surface area contributed by atoms with E-state index in [1.807, 2.05) is 13.8 Å². The van der Waals surface area contributed by atoms with Crippen LogP contribution in [0.1, 0.15) is 118 Å². The Kier molecular flexibility index (Phi) is 8.10. The highest BCUT2D eigenvalue weighted by molar-refractivity contribution is 5.27. The lowest BCUT2D eigenvalue weighted by atomic mass is 9.60. The van der Waals surface area contributed by atoms with E-state index in [4.69, 9.17) is 0 Å². The van der Waals surface area contributed by atoms with Gasteiger partial charge in [-0.15, -0.1) is 0 Å². The van der Waals surface area contributed by atoms with Crippen molar-refractivity contribution in [1.82, 2.24) is 0 Å². The van der Waals surface area contributed by atoms with E-state index in [1.165, 1.54) is 70.6 Å². The highest BCUT2D eigenvalue weighted by Crippen LogP contribution is 2.60. The van der Waals surface area contributed by atoms with E-state index in [0.29, 0.717) is 5.41 Å². The van der Waals surface area contributed by atoms with Gasteiger partial charge in [0.05, 0.1) is 5.60 Å². The van der Waals surface area contributed by atoms with Crippen molar-refractivity contribution < 1.29 is 5.11 Å². The second-order valence-electron chi connectivity index (χ2n) is 11.6. The topological polar surface area (TPSA) is 20.2 Å². The molecule has 30 heavy (non-hydrogen) atoms. The predicted molar refractivity (Wildman–Crippen MR) is 130 cm³/mol. The molecule has 3 rings (SSSR count). The van der Waals surface area contributed by atoms with Gasteiger partial charge in [0.1, 0.15) is 0 Å². The molecule has 0 saturated heterocycles. The van der Waals surface area contributed by atoms with Crippen molar-refractivity contribution in [3.63, 3.8) is 0 Å². The monoisotopic (exact) mass is 412 g/mol. The number of fused-ring (bicyclic) bond motifs is 1. The van der Waals surface area contributed by atoms with Gasteiger partial charge >= 0.3 is 0 Å². The van der Waals surface area contributed by atoms with Gasteiger partial charge in [-0.3, -0.25) is 0 Å². The van der Waals surface area contributed by atoms with E-state index in [9.17, 15) is 5.11 Å². The first-order valence-electron chi connectivity index (χ1n) is 13.0. The van der Waals surface area contributed by atoms with Crippen molar-refractivity contribution in [2.24, 2.45) is 23.2 Å². The quantitative estimate of drug-likeness (QED) is 0.415. The molecule has 1 N–H and O–H groups in total. The maximum Gasteiger partial charge on any atom is 0.0591 e. The Labute approximate surface area is 187 Å². The number of allylic oxidation sites excluding steroid dienone is 6. The first kappa shape index (κ1) is 23.8. The summed E-state index contributed by atoms with van der Waals surface area (Å²) in [6, 6.07) is 0. The molecule has 0 heterocycles. The molecule has 0 amide bonds. The third kappa shape index (κ3) is 5.90. The Morgan fingerprint density at radius 2 is 1.77 bits per heavy atom. The van der Waals surface area contributed by atoms with Gasteiger partial charge in [-0.1, -0.05) is 68.6 Å². The van der Waals surface area contributed by atoms with Crippen LogP contribution in [0.5, 0.6) is 0 Å². The second-order valence-corrected chi connectivity index (χ2v) is 11.6. The summed E-state index contributed by atoms with van der Waals surface area (Å²) in [5.41, 5.74) is 5.11. The fourth-order valence-electron chi connectivity index (χ4n) is 7.05. The number of hydrogen-bond donors (Lipinski definition) is 1. The first-order chi connectivity index (χ1) is 14.2. The summed E-state index contributed by atoms with van der Waals surface area (Å²) < 4.78 is 0. The minimum absolute atomic E-state index is 0.500. The molecular formula is C29H48O. The molecule has 0 aromatic rings. The molecule has 1 nitrogen and oxygen atoms in total. The van der Waals surface area contributed by atoms with Crippen molar-refractivity contribution in [2.45, 2.75) is 124 Å². The fraction of sp³-hybridized carbons (Fsp3) is 0.793. The summed E-state index contributed by atoms with van der Waals surface area (Å²) in [5.74, 6) is 2.45. The van der Waals surface area contributed by atoms with Crippen LogP contribution in [0.2, 0.25) is 0 Å². The molecule has 0 aromatic heterocycles. The molecule has 3 unspecified atom stereocenters. The Morgan fingerprint density at radius 3 is 2.43 bits per heavy atom. The van der Waals surface area contributed by atoms with Crippen LogP contribution in [0.15, 0.2) is 34.9 Å². The maximum atomic E-state index is 10.1. The molecule has 0 radical (unpaired) electrons. The van der Waals surface area contributed by atoms with Crippen molar-refractivity contribution in [3.8, 4) is 0 Å². The molecule has 0 aromatic carbocycles. The lowest BCUT2D eigenvalue weighted by Crippen LogP contribution is -2.36. The molecule has 4 atom stereocenters. The second kappa shape index (κ2) is 10.2. The van der Waals surface area contributed by atoms with E-state index in [0.717, 1.165) is 30.6 Å². The largest absolute Gasteiger partial charge is 0.390 e. The van der Waals surface area contributed by atoms with Gasteiger partial charge in [0, 0.05) is 0 Å². The van der Waals surface area contributed by atoms with Gasteiger partial charge in [0.15, 0.2) is 0 Å². The summed E-state index contributed by atoms with van der Waals surface area (Å²) in [6.45, 7) is 11.3. The zero-order valence-corrected chi connectivity index (χ0v) is 20.6. The molecule has 0 bridgehead atoms. The Bertz CT molecular complexity index is 646. The zero-order valence-electron chi connectivity index (χ0n) is 20.6. The van der Waals surface area contributed by atoms with Gasteiger partial charge in [0.25, 0.3) is 0 Å². The smallest absolute Gasteiger partial charge is 0.0591 e. The van der Waals surface area contributed by atoms with Gasteiger partial charge in [0.2, 0.25) is 0 Å². The SMILES string of the molecule is CCC=C1CCC(=C/C=C2\CCCC3(C)C2CCC3[C@H](C)CCCC(C)(C)O)CC1. The van der Waals surface area contributed by atoms with Gasteiger partial charge in [-0.25, -0.2) is 0 Å². The molecule has 0 spiro atoms. The Morgan fingerprint density at radius 1 is 1.07 bits per heavy atom. The number of rotatable bonds is 7. The third-order valence-electron chi connectivity index (χ3n) is 8.73. The average Bonchev–Trinajstić information content (AvgIpc) is 3.04. The van der Waals surface area contributed by atoms with E-state index in [1.54, 1.807) is 16.7 Å². The summed E-state index contributed by atoms with van der Waals surface area (Å²) in [6.07, 6.45) is 24.1. The molecule has 0 aliphatic heterocycles. The zero-order chi connectivity index (χ0) is 21.8. The third-order valence-corrected chi connectivity index (χ3v) is 8.73. The van der Waals surface area contributed by atoms with Crippen LogP contribution >= 0.6 is 0 Å². The summed E-state index contributed by atoms with van der Waals surface area (Å²) in [5, 5.41) is 10.1. The lowest BCUT2D eigenvalue weighted by molar-refractivity contribution is 0.0597. The molecule has 1 heteroatoms. The van der Waals surface area contributed by atoms with Gasteiger partial charge in [-0.2, -0.15) is 0 Å². The maximum absolute atomic E-state index is 10.1. The van der Waals surface area contributed by atoms with E-state index in [-0.39, 0.29) is 0 Å². The molecule has 3 aliphatic carbocycles. The highest BCUT2D eigenvalue weighted by Gasteiger charge is 2.50. The Balaban J connectivity index is 1.62. The van der Waals surface area contributed by atoms with Crippen LogP contribution < -0.4 is 0 Å². The average molecular weight is 413 g/mol. The van der Waals surface area contributed by atoms with Gasteiger partial charge < -0.3 is 5.11 Å². The lowest BCUT2D eigenvalue weighted by Gasteiger charge is -2.44. The van der Waals surface area contributed by atoms with E-state index in [2.05, 4.69) is 39.0 Å². The summed E-state index contributed by atoms with van der Waals surface area (Å²) in [7, 11) is 0. The number of aliphatic hydroxyl groups is 1. The molecule has 3 fully saturated rings. The van der Waals surface area contributed by atoms with Crippen molar-refractivity contribution in [2.75, 3.05) is 0 Å². The summed E-state index contributed by atoms with van der Waals surface area (Å²) in [4.78, 5) is 0. The van der Waals surface area contributed by atoms with Gasteiger partial charge in [-0.05, 0) is 108 Å². The minimum atomic E-state index is -0.512. The molecular weight excluding hydrogens is 364 g/mol.